The molecule has 0 saturated carbocycles. The summed E-state index contributed by atoms with van der Waals surface area (Å²) in [6.07, 6.45) is 6.35. The molecule has 2 aromatic heterocycles. The summed E-state index contributed by atoms with van der Waals surface area (Å²) in [5, 5.41) is 1.16. The van der Waals surface area contributed by atoms with Crippen molar-refractivity contribution in [1.29, 1.82) is 0 Å². The van der Waals surface area contributed by atoms with E-state index in [1.165, 1.54) is 16.8 Å². The van der Waals surface area contributed by atoms with Crippen LogP contribution in [-0.4, -0.2) is 23.2 Å². The van der Waals surface area contributed by atoms with Crippen molar-refractivity contribution in [2.75, 3.05) is 7.11 Å². The van der Waals surface area contributed by atoms with Crippen LogP contribution in [0.2, 0.25) is 0 Å². The van der Waals surface area contributed by atoms with Crippen molar-refractivity contribution in [3.05, 3.63) is 33.6 Å². The molecular formula is C15H18BrClN2O. The SMILES string of the molecule is COC1CCc2nc3ncc(Br)cc3c(C)c2CC1.Cl. The normalized spacial score (nSPS) is 18.2. The van der Waals surface area contributed by atoms with Gasteiger partial charge in [0.05, 0.1) is 6.10 Å². The summed E-state index contributed by atoms with van der Waals surface area (Å²) in [7, 11) is 1.80. The van der Waals surface area contributed by atoms with Gasteiger partial charge in [0.2, 0.25) is 0 Å². The first-order valence-corrected chi connectivity index (χ1v) is 7.44. The van der Waals surface area contributed by atoms with Crippen molar-refractivity contribution in [2.45, 2.75) is 38.7 Å². The van der Waals surface area contributed by atoms with Gasteiger partial charge in [0.25, 0.3) is 0 Å². The van der Waals surface area contributed by atoms with Crippen LogP contribution in [0.1, 0.15) is 29.7 Å². The zero-order valence-electron chi connectivity index (χ0n) is 11.6. The van der Waals surface area contributed by atoms with Crippen LogP contribution in [-0.2, 0) is 17.6 Å². The molecule has 0 bridgehead atoms. The third-order valence-corrected chi connectivity index (χ3v) is 4.47. The number of halogens is 2. The fraction of sp³-hybridized carbons (Fsp3) is 0.467. The molecular weight excluding hydrogens is 340 g/mol. The Kier molecular flexibility index (Phi) is 4.99. The molecule has 1 atom stereocenters. The van der Waals surface area contributed by atoms with Gasteiger partial charge in [-0.3, -0.25) is 0 Å². The van der Waals surface area contributed by atoms with Crippen LogP contribution in [0, 0.1) is 6.92 Å². The van der Waals surface area contributed by atoms with E-state index in [1.807, 2.05) is 6.20 Å². The fourth-order valence-corrected chi connectivity index (χ4v) is 3.22. The maximum atomic E-state index is 5.51. The molecule has 3 rings (SSSR count). The lowest BCUT2D eigenvalue weighted by atomic mass is 10.00. The first kappa shape index (κ1) is 15.7. The second kappa shape index (κ2) is 6.37. The first-order valence-electron chi connectivity index (χ1n) is 6.65. The molecule has 0 amide bonds. The maximum absolute atomic E-state index is 5.51. The molecule has 3 nitrogen and oxygen atoms in total. The summed E-state index contributed by atoms with van der Waals surface area (Å²) in [5.41, 5.74) is 4.78. The molecule has 2 aromatic rings. The highest BCUT2D eigenvalue weighted by atomic mass is 79.9. The van der Waals surface area contributed by atoms with Gasteiger partial charge in [-0.25, -0.2) is 9.97 Å². The Labute approximate surface area is 133 Å². The molecule has 5 heteroatoms. The highest BCUT2D eigenvalue weighted by Gasteiger charge is 2.20. The first-order chi connectivity index (χ1) is 9.19. The van der Waals surface area contributed by atoms with Gasteiger partial charge in [-0.05, 0) is 65.7 Å². The van der Waals surface area contributed by atoms with Crippen molar-refractivity contribution in [3.63, 3.8) is 0 Å². The molecule has 2 heterocycles. The molecule has 0 spiro atoms. The predicted molar refractivity (Wildman–Crippen MR) is 86.7 cm³/mol. The second-order valence-corrected chi connectivity index (χ2v) is 6.04. The minimum absolute atomic E-state index is 0. The largest absolute Gasteiger partial charge is 0.381 e. The van der Waals surface area contributed by atoms with E-state index in [0.717, 1.165) is 41.2 Å². The van der Waals surface area contributed by atoms with Gasteiger partial charge in [-0.2, -0.15) is 0 Å². The van der Waals surface area contributed by atoms with Gasteiger partial charge in [0.1, 0.15) is 0 Å². The van der Waals surface area contributed by atoms with Crippen molar-refractivity contribution < 1.29 is 4.74 Å². The number of ether oxygens (including phenoxy) is 1. The Morgan fingerprint density at radius 1 is 1.30 bits per heavy atom. The zero-order chi connectivity index (χ0) is 13.4. The van der Waals surface area contributed by atoms with Crippen LogP contribution in [0.3, 0.4) is 0 Å². The lowest BCUT2D eigenvalue weighted by Crippen LogP contribution is -2.09. The molecule has 1 aliphatic carbocycles. The summed E-state index contributed by atoms with van der Waals surface area (Å²) in [5.74, 6) is 0. The van der Waals surface area contributed by atoms with E-state index in [0.29, 0.717) is 6.10 Å². The molecule has 0 fully saturated rings. The summed E-state index contributed by atoms with van der Waals surface area (Å²) in [6.45, 7) is 2.18. The Hall–Kier alpha value is -0.710. The molecule has 0 aromatic carbocycles. The van der Waals surface area contributed by atoms with Gasteiger partial charge in [0.15, 0.2) is 5.65 Å². The maximum Gasteiger partial charge on any atom is 0.159 e. The van der Waals surface area contributed by atoms with Gasteiger partial charge >= 0.3 is 0 Å². The lowest BCUT2D eigenvalue weighted by molar-refractivity contribution is 0.0906. The molecule has 0 aliphatic heterocycles. The van der Waals surface area contributed by atoms with Gasteiger partial charge < -0.3 is 4.74 Å². The number of methoxy groups -OCH3 is 1. The lowest BCUT2D eigenvalue weighted by Gasteiger charge is -2.11. The highest BCUT2D eigenvalue weighted by Crippen LogP contribution is 2.29. The number of pyridine rings is 2. The topological polar surface area (TPSA) is 35.0 Å². The van der Waals surface area contributed by atoms with Crippen molar-refractivity contribution in [1.82, 2.24) is 9.97 Å². The standard InChI is InChI=1S/C15H17BrN2O.ClH/c1-9-12-5-3-11(19-2)4-6-14(12)18-15-13(9)7-10(16)8-17-15;/h7-8,11H,3-6H2,1-2H3;1H. The van der Waals surface area contributed by atoms with Crippen molar-refractivity contribution >= 4 is 39.4 Å². The van der Waals surface area contributed by atoms with E-state index >= 15 is 0 Å². The third kappa shape index (κ3) is 2.83. The third-order valence-electron chi connectivity index (χ3n) is 4.03. The van der Waals surface area contributed by atoms with Gasteiger partial charge in [-0.1, -0.05) is 0 Å². The van der Waals surface area contributed by atoms with Gasteiger partial charge in [0, 0.05) is 28.9 Å². The fourth-order valence-electron chi connectivity index (χ4n) is 2.89. The van der Waals surface area contributed by atoms with E-state index in [1.54, 1.807) is 7.11 Å². The monoisotopic (exact) mass is 356 g/mol. The molecule has 108 valence electrons. The van der Waals surface area contributed by atoms with Crippen LogP contribution in [0.4, 0.5) is 0 Å². The molecule has 1 unspecified atom stereocenters. The second-order valence-electron chi connectivity index (χ2n) is 5.12. The van der Waals surface area contributed by atoms with E-state index < -0.39 is 0 Å². The van der Waals surface area contributed by atoms with Crippen molar-refractivity contribution in [2.24, 2.45) is 0 Å². The van der Waals surface area contributed by atoms with Crippen LogP contribution in [0.25, 0.3) is 11.0 Å². The number of aryl methyl sites for hydroxylation is 2. The number of hydrogen-bond acceptors (Lipinski definition) is 3. The average molecular weight is 358 g/mol. The number of hydrogen-bond donors (Lipinski definition) is 0. The summed E-state index contributed by atoms with van der Waals surface area (Å²) < 4.78 is 6.52. The van der Waals surface area contributed by atoms with E-state index in [4.69, 9.17) is 9.72 Å². The molecule has 0 saturated heterocycles. The van der Waals surface area contributed by atoms with Crippen molar-refractivity contribution in [3.8, 4) is 0 Å². The number of nitrogens with zero attached hydrogens (tertiary/aromatic N) is 2. The summed E-state index contributed by atoms with van der Waals surface area (Å²) in [6, 6.07) is 2.11. The highest BCUT2D eigenvalue weighted by molar-refractivity contribution is 9.10. The number of aromatic nitrogens is 2. The molecule has 20 heavy (non-hydrogen) atoms. The zero-order valence-corrected chi connectivity index (χ0v) is 14.1. The molecule has 0 N–H and O–H groups in total. The molecule has 0 radical (unpaired) electrons. The predicted octanol–water partition coefficient (Wildman–Crippen LogP) is 4.02. The summed E-state index contributed by atoms with van der Waals surface area (Å²) in [4.78, 5) is 9.19. The minimum Gasteiger partial charge on any atom is -0.381 e. The molecule has 1 aliphatic rings. The Morgan fingerprint density at radius 3 is 2.80 bits per heavy atom. The van der Waals surface area contributed by atoms with E-state index in [-0.39, 0.29) is 12.4 Å². The van der Waals surface area contributed by atoms with Gasteiger partial charge in [-0.15, -0.1) is 12.4 Å². The quantitative estimate of drug-likeness (QED) is 0.723. The Balaban J connectivity index is 0.00000147. The number of fused-ring (bicyclic) bond motifs is 2. The van der Waals surface area contributed by atoms with Crippen LogP contribution >= 0.6 is 28.3 Å². The average Bonchev–Trinajstić information content (AvgIpc) is 2.62. The van der Waals surface area contributed by atoms with Crippen LogP contribution < -0.4 is 0 Å². The Morgan fingerprint density at radius 2 is 2.05 bits per heavy atom. The van der Waals surface area contributed by atoms with E-state index in [9.17, 15) is 0 Å². The van der Waals surface area contributed by atoms with Crippen LogP contribution in [0.15, 0.2) is 16.7 Å². The smallest absolute Gasteiger partial charge is 0.159 e. The summed E-state index contributed by atoms with van der Waals surface area (Å²) >= 11 is 3.49. The minimum atomic E-state index is 0. The number of rotatable bonds is 1. The van der Waals surface area contributed by atoms with E-state index in [2.05, 4.69) is 33.9 Å². The van der Waals surface area contributed by atoms with Crippen LogP contribution in [0.5, 0.6) is 0 Å². The Bertz CT molecular complexity index is 633.